The van der Waals surface area contributed by atoms with Crippen molar-refractivity contribution in [2.45, 2.75) is 0 Å². The second-order valence-electron chi connectivity index (χ2n) is 7.48. The number of urea groups is 1. The fourth-order valence-electron chi connectivity index (χ4n) is 3.33. The van der Waals surface area contributed by atoms with E-state index in [4.69, 9.17) is 4.52 Å². The number of benzene rings is 3. The number of para-hydroxylation sites is 1. The number of carbonyl (C=O) groups excluding carboxylic acids is 1. The number of halogens is 1. The van der Waals surface area contributed by atoms with E-state index in [1.807, 2.05) is 18.2 Å². The van der Waals surface area contributed by atoms with Crippen LogP contribution in [-0.4, -0.2) is 30.9 Å². The summed E-state index contributed by atoms with van der Waals surface area (Å²) in [6.07, 6.45) is 1.48. The molecule has 178 valence electrons. The average Bonchev–Trinajstić information content (AvgIpc) is 3.55. The van der Waals surface area contributed by atoms with Gasteiger partial charge in [0.2, 0.25) is 5.82 Å². The molecule has 36 heavy (non-hydrogen) atoms. The monoisotopic (exact) mass is 485 g/mol. The molecule has 0 radical (unpaired) electrons. The SMILES string of the molecule is O=C(Nc1ccccc1)Nc1ccc(-c2noc(-c3ccn(-c4ccc([N+](=O)[O-])cc4F)n3)n2)cc1. The third-order valence-corrected chi connectivity index (χ3v) is 5.06. The minimum atomic E-state index is -0.795. The summed E-state index contributed by atoms with van der Waals surface area (Å²) in [4.78, 5) is 26.6. The molecule has 3 aromatic carbocycles. The van der Waals surface area contributed by atoms with Crippen molar-refractivity contribution >= 4 is 23.1 Å². The van der Waals surface area contributed by atoms with Crippen LogP contribution < -0.4 is 10.6 Å². The van der Waals surface area contributed by atoms with E-state index in [9.17, 15) is 19.3 Å². The van der Waals surface area contributed by atoms with Gasteiger partial charge in [0.15, 0.2) is 11.5 Å². The highest BCUT2D eigenvalue weighted by molar-refractivity contribution is 5.99. The molecular weight excluding hydrogens is 469 g/mol. The highest BCUT2D eigenvalue weighted by atomic mass is 19.1. The summed E-state index contributed by atoms with van der Waals surface area (Å²) in [6.45, 7) is 0. The normalized spacial score (nSPS) is 10.7. The number of aromatic nitrogens is 4. The van der Waals surface area contributed by atoms with Crippen molar-refractivity contribution in [1.82, 2.24) is 19.9 Å². The van der Waals surface area contributed by atoms with Crippen LogP contribution in [0.25, 0.3) is 28.7 Å². The maximum absolute atomic E-state index is 14.3. The molecule has 2 N–H and O–H groups in total. The van der Waals surface area contributed by atoms with Gasteiger partial charge in [0, 0.05) is 29.2 Å². The number of anilines is 2. The van der Waals surface area contributed by atoms with Crippen LogP contribution in [-0.2, 0) is 0 Å². The van der Waals surface area contributed by atoms with Crippen LogP contribution >= 0.6 is 0 Å². The largest absolute Gasteiger partial charge is 0.332 e. The molecule has 0 aliphatic rings. The molecule has 2 heterocycles. The van der Waals surface area contributed by atoms with E-state index in [0.29, 0.717) is 28.5 Å². The molecule has 0 bridgehead atoms. The van der Waals surface area contributed by atoms with Gasteiger partial charge < -0.3 is 15.2 Å². The lowest BCUT2D eigenvalue weighted by Crippen LogP contribution is -2.19. The average molecular weight is 485 g/mol. The van der Waals surface area contributed by atoms with Crippen LogP contribution in [0.15, 0.2) is 89.6 Å². The number of rotatable bonds is 6. The molecule has 0 saturated carbocycles. The van der Waals surface area contributed by atoms with Gasteiger partial charge in [-0.25, -0.2) is 13.9 Å². The first-order valence-electron chi connectivity index (χ1n) is 10.5. The number of nitrogens with zero attached hydrogens (tertiary/aromatic N) is 5. The van der Waals surface area contributed by atoms with Crippen LogP contribution in [0.2, 0.25) is 0 Å². The standard InChI is InChI=1S/C24H16FN7O4/c25-19-14-18(32(34)35)10-11-21(19)31-13-12-20(29-31)23-28-22(30-36-23)15-6-8-17(9-7-15)27-24(33)26-16-4-2-1-3-5-16/h1-14H,(H2,26,27,33). The van der Waals surface area contributed by atoms with E-state index in [2.05, 4.69) is 25.9 Å². The maximum atomic E-state index is 14.3. The first-order valence-corrected chi connectivity index (χ1v) is 10.5. The van der Waals surface area contributed by atoms with Gasteiger partial charge in [0.25, 0.3) is 11.6 Å². The fraction of sp³-hybridized carbons (Fsp3) is 0. The van der Waals surface area contributed by atoms with Gasteiger partial charge in [-0.15, -0.1) is 0 Å². The highest BCUT2D eigenvalue weighted by Crippen LogP contribution is 2.24. The molecule has 2 amide bonds. The van der Waals surface area contributed by atoms with Crippen molar-refractivity contribution in [2.24, 2.45) is 0 Å². The van der Waals surface area contributed by atoms with Crippen molar-refractivity contribution in [3.05, 3.63) is 101 Å². The Hall–Kier alpha value is -5.39. The number of hydrogen-bond donors (Lipinski definition) is 2. The molecule has 0 fully saturated rings. The summed E-state index contributed by atoms with van der Waals surface area (Å²) in [5, 5.41) is 24.5. The lowest BCUT2D eigenvalue weighted by molar-refractivity contribution is -0.385. The summed E-state index contributed by atoms with van der Waals surface area (Å²) in [6, 6.07) is 20.3. The minimum absolute atomic E-state index is 0.0333. The Bertz CT molecular complexity index is 1550. The van der Waals surface area contributed by atoms with E-state index < -0.39 is 10.7 Å². The third kappa shape index (κ3) is 4.77. The molecular formula is C24H16FN7O4. The second kappa shape index (κ2) is 9.46. The van der Waals surface area contributed by atoms with Gasteiger partial charge in [0.1, 0.15) is 5.69 Å². The lowest BCUT2D eigenvalue weighted by atomic mass is 10.2. The smallest absolute Gasteiger partial charge is 0.323 e. The zero-order valence-corrected chi connectivity index (χ0v) is 18.3. The van der Waals surface area contributed by atoms with Crippen molar-refractivity contribution < 1.29 is 18.6 Å². The quantitative estimate of drug-likeness (QED) is 0.246. The zero-order valence-electron chi connectivity index (χ0n) is 18.3. The molecule has 5 rings (SSSR count). The second-order valence-corrected chi connectivity index (χ2v) is 7.48. The summed E-state index contributed by atoms with van der Waals surface area (Å²) in [5.74, 6) is -0.395. The summed E-state index contributed by atoms with van der Waals surface area (Å²) < 4.78 is 20.8. The van der Waals surface area contributed by atoms with E-state index in [0.717, 1.165) is 6.07 Å². The highest BCUT2D eigenvalue weighted by Gasteiger charge is 2.17. The predicted octanol–water partition coefficient (Wildman–Crippen LogP) is 5.28. The lowest BCUT2D eigenvalue weighted by Gasteiger charge is -2.07. The number of non-ortho nitro benzene ring substituents is 1. The number of hydrogen-bond acceptors (Lipinski definition) is 7. The van der Waals surface area contributed by atoms with Gasteiger partial charge in [-0.1, -0.05) is 23.4 Å². The van der Waals surface area contributed by atoms with Gasteiger partial charge >= 0.3 is 6.03 Å². The van der Waals surface area contributed by atoms with Crippen molar-refractivity contribution in [3.63, 3.8) is 0 Å². The Kier molecular flexibility index (Phi) is 5.89. The summed E-state index contributed by atoms with van der Waals surface area (Å²) in [7, 11) is 0. The summed E-state index contributed by atoms with van der Waals surface area (Å²) >= 11 is 0. The molecule has 0 saturated heterocycles. The van der Waals surface area contributed by atoms with Gasteiger partial charge in [0.05, 0.1) is 11.0 Å². The van der Waals surface area contributed by atoms with Crippen LogP contribution in [0.1, 0.15) is 0 Å². The Morgan fingerprint density at radius 3 is 2.39 bits per heavy atom. The van der Waals surface area contributed by atoms with Crippen LogP contribution in [0, 0.1) is 15.9 Å². The molecule has 11 nitrogen and oxygen atoms in total. The maximum Gasteiger partial charge on any atom is 0.323 e. The number of amides is 2. The van der Waals surface area contributed by atoms with Crippen LogP contribution in [0.5, 0.6) is 0 Å². The number of nitrogens with one attached hydrogen (secondary N) is 2. The minimum Gasteiger partial charge on any atom is -0.332 e. The van der Waals surface area contributed by atoms with E-state index in [-0.39, 0.29) is 23.3 Å². The molecule has 0 aliphatic carbocycles. The Balaban J connectivity index is 1.27. The first kappa shape index (κ1) is 22.4. The number of nitro groups is 1. The Morgan fingerprint density at radius 1 is 0.972 bits per heavy atom. The molecule has 12 heteroatoms. The summed E-state index contributed by atoms with van der Waals surface area (Å²) in [5.41, 5.74) is 1.85. The van der Waals surface area contributed by atoms with Gasteiger partial charge in [-0.2, -0.15) is 10.1 Å². The third-order valence-electron chi connectivity index (χ3n) is 5.06. The molecule has 0 spiro atoms. The fourth-order valence-corrected chi connectivity index (χ4v) is 3.33. The van der Waals surface area contributed by atoms with Crippen molar-refractivity contribution in [1.29, 1.82) is 0 Å². The number of nitro benzene ring substituents is 1. The van der Waals surface area contributed by atoms with Crippen molar-refractivity contribution in [3.8, 4) is 28.7 Å². The zero-order chi connectivity index (χ0) is 25.1. The molecule has 2 aromatic heterocycles. The van der Waals surface area contributed by atoms with Gasteiger partial charge in [-0.3, -0.25) is 10.1 Å². The molecule has 0 atom stereocenters. The predicted molar refractivity (Wildman–Crippen MR) is 128 cm³/mol. The number of carbonyl (C=O) groups is 1. The topological polar surface area (TPSA) is 141 Å². The Morgan fingerprint density at radius 2 is 1.69 bits per heavy atom. The molecule has 5 aromatic rings. The van der Waals surface area contributed by atoms with Crippen molar-refractivity contribution in [2.75, 3.05) is 10.6 Å². The van der Waals surface area contributed by atoms with E-state index >= 15 is 0 Å². The van der Waals surface area contributed by atoms with Crippen LogP contribution in [0.3, 0.4) is 0 Å². The van der Waals surface area contributed by atoms with Gasteiger partial charge in [-0.05, 0) is 48.5 Å². The van der Waals surface area contributed by atoms with E-state index in [1.165, 1.54) is 23.0 Å². The Labute approximate surface area is 202 Å². The van der Waals surface area contributed by atoms with Crippen LogP contribution in [0.4, 0.5) is 26.2 Å². The molecule has 0 unspecified atom stereocenters. The first-order chi connectivity index (χ1) is 17.5. The molecule has 0 aliphatic heterocycles. The van der Waals surface area contributed by atoms with E-state index in [1.54, 1.807) is 42.5 Å².